The van der Waals surface area contributed by atoms with Crippen LogP contribution in [0.1, 0.15) is 66.4 Å². The summed E-state index contributed by atoms with van der Waals surface area (Å²) in [4.78, 5) is 33.5. The van der Waals surface area contributed by atoms with E-state index in [-0.39, 0.29) is 17.6 Å². The number of benzene rings is 1. The van der Waals surface area contributed by atoms with Gasteiger partial charge in [-0.1, -0.05) is 44.2 Å². The lowest BCUT2D eigenvalue weighted by molar-refractivity contribution is 0.0531. The summed E-state index contributed by atoms with van der Waals surface area (Å²) >= 11 is 1.21. The number of aryl methyl sites for hydroxylation is 1. The van der Waals surface area contributed by atoms with Crippen LogP contribution >= 0.6 is 11.3 Å². The van der Waals surface area contributed by atoms with Gasteiger partial charge < -0.3 is 15.0 Å². The molecule has 0 saturated heterocycles. The maximum Gasteiger partial charge on any atom is 0.348 e. The van der Waals surface area contributed by atoms with Crippen LogP contribution in [0.3, 0.4) is 0 Å². The molecule has 0 aliphatic rings. The number of hydrogen-bond donors (Lipinski definition) is 2. The van der Waals surface area contributed by atoms with Crippen molar-refractivity contribution in [1.29, 1.82) is 0 Å². The Labute approximate surface area is 174 Å². The molecule has 2 heterocycles. The van der Waals surface area contributed by atoms with Crippen LogP contribution < -0.4 is 10.9 Å². The smallest absolute Gasteiger partial charge is 0.348 e. The number of H-pyrrole nitrogens is 1. The van der Waals surface area contributed by atoms with Gasteiger partial charge in [-0.05, 0) is 37.8 Å². The van der Waals surface area contributed by atoms with Crippen LogP contribution in [0, 0.1) is 12.8 Å². The Kier molecular flexibility index (Phi) is 6.49. The van der Waals surface area contributed by atoms with Gasteiger partial charge in [-0.15, -0.1) is 11.3 Å². The van der Waals surface area contributed by atoms with Crippen molar-refractivity contribution in [2.24, 2.45) is 5.92 Å². The van der Waals surface area contributed by atoms with Crippen LogP contribution in [0.4, 0.5) is 0 Å². The Morgan fingerprint density at radius 2 is 1.93 bits per heavy atom. The molecule has 0 radical (unpaired) electrons. The number of fused-ring (bicyclic) bond motifs is 1. The molecule has 3 aromatic rings. The van der Waals surface area contributed by atoms with Gasteiger partial charge in [0.15, 0.2) is 0 Å². The average molecular weight is 414 g/mol. The van der Waals surface area contributed by atoms with Crippen molar-refractivity contribution in [3.63, 3.8) is 0 Å². The maximum absolute atomic E-state index is 12.7. The minimum absolute atomic E-state index is 0.118. The standard InChI is InChI=1S/C22H27N3O3S/c1-6-28-22(27)18-13(4)16-20(26)24-19(25-21(16)29-18)14(5)23-17(12(2)3)15-10-8-7-9-11-15/h7-12,14,17,23H,6H2,1-5H3,(H,24,25,26)/t14-,17-/m0/s1. The molecule has 29 heavy (non-hydrogen) atoms. The van der Waals surface area contributed by atoms with Crippen molar-refractivity contribution in [1.82, 2.24) is 15.3 Å². The van der Waals surface area contributed by atoms with Gasteiger partial charge in [-0.2, -0.15) is 0 Å². The molecular weight excluding hydrogens is 386 g/mol. The molecule has 6 nitrogen and oxygen atoms in total. The van der Waals surface area contributed by atoms with Gasteiger partial charge in [0.1, 0.15) is 15.5 Å². The van der Waals surface area contributed by atoms with E-state index in [4.69, 9.17) is 4.74 Å². The van der Waals surface area contributed by atoms with Gasteiger partial charge in [0, 0.05) is 6.04 Å². The number of nitrogens with one attached hydrogen (secondary N) is 2. The second kappa shape index (κ2) is 8.88. The van der Waals surface area contributed by atoms with E-state index in [1.54, 1.807) is 13.8 Å². The van der Waals surface area contributed by atoms with E-state index in [1.165, 1.54) is 16.9 Å². The fourth-order valence-corrected chi connectivity index (χ4v) is 4.52. The number of esters is 1. The van der Waals surface area contributed by atoms with Gasteiger partial charge in [0.25, 0.3) is 5.56 Å². The van der Waals surface area contributed by atoms with E-state index < -0.39 is 5.97 Å². The molecule has 3 rings (SSSR count). The molecule has 0 bridgehead atoms. The molecule has 0 aliphatic carbocycles. The molecule has 0 amide bonds. The number of ether oxygens (including phenoxy) is 1. The molecule has 7 heteroatoms. The molecule has 0 spiro atoms. The highest BCUT2D eigenvalue weighted by molar-refractivity contribution is 7.20. The molecule has 0 unspecified atom stereocenters. The minimum Gasteiger partial charge on any atom is -0.462 e. The van der Waals surface area contributed by atoms with Gasteiger partial charge in [0.2, 0.25) is 0 Å². The fraction of sp³-hybridized carbons (Fsp3) is 0.409. The van der Waals surface area contributed by atoms with E-state index in [0.717, 1.165) is 0 Å². The number of hydrogen-bond acceptors (Lipinski definition) is 6. The summed E-state index contributed by atoms with van der Waals surface area (Å²) in [7, 11) is 0. The number of aromatic nitrogens is 2. The van der Waals surface area contributed by atoms with E-state index in [2.05, 4.69) is 41.3 Å². The number of carbonyl (C=O) groups is 1. The van der Waals surface area contributed by atoms with Crippen LogP contribution in [-0.4, -0.2) is 22.5 Å². The van der Waals surface area contributed by atoms with Gasteiger partial charge in [-0.25, -0.2) is 9.78 Å². The Morgan fingerprint density at radius 1 is 1.24 bits per heavy atom. The topological polar surface area (TPSA) is 84.1 Å². The van der Waals surface area contributed by atoms with Crippen LogP contribution in [0.15, 0.2) is 35.1 Å². The first kappa shape index (κ1) is 21.2. The van der Waals surface area contributed by atoms with Gasteiger partial charge in [-0.3, -0.25) is 4.79 Å². The number of aromatic amines is 1. The number of rotatable bonds is 7. The summed E-state index contributed by atoms with van der Waals surface area (Å²) in [5.74, 6) is 0.500. The van der Waals surface area contributed by atoms with Crippen molar-refractivity contribution in [3.8, 4) is 0 Å². The largest absolute Gasteiger partial charge is 0.462 e. The summed E-state index contributed by atoms with van der Waals surface area (Å²) in [6.07, 6.45) is 0. The van der Waals surface area contributed by atoms with Crippen LogP contribution in [0.2, 0.25) is 0 Å². The first-order valence-electron chi connectivity index (χ1n) is 9.84. The zero-order valence-corrected chi connectivity index (χ0v) is 18.2. The summed E-state index contributed by atoms with van der Waals surface area (Å²) in [6, 6.07) is 10.2. The zero-order valence-electron chi connectivity index (χ0n) is 17.4. The second-order valence-corrected chi connectivity index (χ2v) is 8.43. The molecule has 1 aromatic carbocycles. The zero-order chi connectivity index (χ0) is 21.1. The molecule has 0 fully saturated rings. The first-order valence-corrected chi connectivity index (χ1v) is 10.7. The Bertz CT molecular complexity index is 1060. The van der Waals surface area contributed by atoms with Gasteiger partial charge in [0.05, 0.1) is 18.0 Å². The summed E-state index contributed by atoms with van der Waals surface area (Å²) < 4.78 is 5.10. The third-order valence-corrected chi connectivity index (χ3v) is 6.11. The molecule has 0 aliphatic heterocycles. The maximum atomic E-state index is 12.7. The second-order valence-electron chi connectivity index (χ2n) is 7.43. The molecule has 2 aromatic heterocycles. The molecule has 2 N–H and O–H groups in total. The van der Waals surface area contributed by atoms with E-state index >= 15 is 0 Å². The molecule has 0 saturated carbocycles. The predicted octanol–water partition coefficient (Wildman–Crippen LogP) is 4.52. The molecular formula is C22H27N3O3S. The summed E-state index contributed by atoms with van der Waals surface area (Å²) in [5.41, 5.74) is 1.58. The monoisotopic (exact) mass is 413 g/mol. The summed E-state index contributed by atoms with van der Waals surface area (Å²) in [5, 5.41) is 4.04. The third-order valence-electron chi connectivity index (χ3n) is 4.94. The highest BCUT2D eigenvalue weighted by atomic mass is 32.1. The Hall–Kier alpha value is -2.51. The number of thiophene rings is 1. The lowest BCUT2D eigenvalue weighted by Gasteiger charge is -2.26. The number of nitrogens with zero attached hydrogens (tertiary/aromatic N) is 1. The van der Waals surface area contributed by atoms with Crippen molar-refractivity contribution in [2.45, 2.75) is 46.7 Å². The summed E-state index contributed by atoms with van der Waals surface area (Å²) in [6.45, 7) is 10.1. The highest BCUT2D eigenvalue weighted by Gasteiger charge is 2.23. The van der Waals surface area contributed by atoms with Gasteiger partial charge >= 0.3 is 5.97 Å². The van der Waals surface area contributed by atoms with E-state index in [9.17, 15) is 9.59 Å². The van der Waals surface area contributed by atoms with Crippen molar-refractivity contribution in [3.05, 3.63) is 62.5 Å². The van der Waals surface area contributed by atoms with Crippen LogP contribution in [0.25, 0.3) is 10.2 Å². The van der Waals surface area contributed by atoms with Crippen LogP contribution in [0.5, 0.6) is 0 Å². The quantitative estimate of drug-likeness (QED) is 0.557. The highest BCUT2D eigenvalue weighted by Crippen LogP contribution is 2.29. The van der Waals surface area contributed by atoms with Crippen LogP contribution in [-0.2, 0) is 4.74 Å². The van der Waals surface area contributed by atoms with Crippen molar-refractivity contribution < 1.29 is 9.53 Å². The molecule has 2 atom stereocenters. The average Bonchev–Trinajstić information content (AvgIpc) is 3.03. The lowest BCUT2D eigenvalue weighted by atomic mass is 9.95. The Morgan fingerprint density at radius 3 is 2.55 bits per heavy atom. The third kappa shape index (κ3) is 4.41. The predicted molar refractivity (Wildman–Crippen MR) is 117 cm³/mol. The Balaban J connectivity index is 1.95. The number of carbonyl (C=O) groups excluding carboxylic acids is 1. The van der Waals surface area contributed by atoms with E-state index in [1.807, 2.05) is 25.1 Å². The molecule has 154 valence electrons. The lowest BCUT2D eigenvalue weighted by Crippen LogP contribution is -2.30. The van der Waals surface area contributed by atoms with E-state index in [0.29, 0.717) is 39.0 Å². The van der Waals surface area contributed by atoms with Crippen molar-refractivity contribution in [2.75, 3.05) is 6.61 Å². The SMILES string of the molecule is CCOC(=O)c1sc2nc([C@H](C)N[C@H](c3ccccc3)C(C)C)[nH]c(=O)c2c1C. The fourth-order valence-electron chi connectivity index (χ4n) is 3.44. The minimum atomic E-state index is -0.413. The first-order chi connectivity index (χ1) is 13.8. The normalized spacial score (nSPS) is 13.6. The van der Waals surface area contributed by atoms with Crippen molar-refractivity contribution >= 4 is 27.5 Å².